The SMILES string of the molecule is C[C@H]1NC=C(C=S)C2CCCCC1C2. The van der Waals surface area contributed by atoms with Crippen molar-refractivity contribution in [3.05, 3.63) is 11.8 Å². The number of rotatable bonds is 1. The third kappa shape index (κ3) is 2.00. The van der Waals surface area contributed by atoms with Gasteiger partial charge in [0.1, 0.15) is 0 Å². The number of hydrogen-bond acceptors (Lipinski definition) is 2. The lowest BCUT2D eigenvalue weighted by Gasteiger charge is -2.21. The minimum atomic E-state index is 0.628. The second-order valence-corrected chi connectivity index (χ2v) is 4.93. The fraction of sp³-hybridized carbons (Fsp3) is 0.750. The maximum Gasteiger partial charge on any atom is 0.0256 e. The first kappa shape index (κ1) is 10.2. The van der Waals surface area contributed by atoms with Gasteiger partial charge in [0.2, 0.25) is 0 Å². The minimum absolute atomic E-state index is 0.628. The first-order valence-corrected chi connectivity index (χ1v) is 6.19. The zero-order valence-electron chi connectivity index (χ0n) is 8.83. The van der Waals surface area contributed by atoms with E-state index in [0.29, 0.717) is 6.04 Å². The van der Waals surface area contributed by atoms with Crippen molar-refractivity contribution >= 4 is 17.6 Å². The van der Waals surface area contributed by atoms with Crippen molar-refractivity contribution in [1.82, 2.24) is 5.32 Å². The van der Waals surface area contributed by atoms with E-state index >= 15 is 0 Å². The van der Waals surface area contributed by atoms with Crippen LogP contribution < -0.4 is 5.32 Å². The summed E-state index contributed by atoms with van der Waals surface area (Å²) < 4.78 is 0. The van der Waals surface area contributed by atoms with Crippen LogP contribution in [0.2, 0.25) is 0 Å². The van der Waals surface area contributed by atoms with E-state index in [0.717, 1.165) is 11.8 Å². The average molecular weight is 209 g/mol. The fourth-order valence-electron chi connectivity index (χ4n) is 2.77. The molecule has 0 spiro atoms. The van der Waals surface area contributed by atoms with Gasteiger partial charge >= 0.3 is 0 Å². The number of hydrogen-bond donors (Lipinski definition) is 1. The highest BCUT2D eigenvalue weighted by atomic mass is 32.1. The molecule has 0 aromatic carbocycles. The zero-order valence-corrected chi connectivity index (χ0v) is 9.65. The summed E-state index contributed by atoms with van der Waals surface area (Å²) in [5, 5.41) is 5.36. The van der Waals surface area contributed by atoms with E-state index in [1.165, 1.54) is 37.7 Å². The lowest BCUT2D eigenvalue weighted by atomic mass is 9.87. The molecule has 2 rings (SSSR count). The number of thiocarbonyl (C=S) groups is 1. The summed E-state index contributed by atoms with van der Waals surface area (Å²) in [5.74, 6) is 1.59. The number of nitrogens with one attached hydrogen (secondary N) is 1. The second kappa shape index (κ2) is 4.43. The number of fused-ring (bicyclic) bond motifs is 2. The van der Waals surface area contributed by atoms with E-state index in [2.05, 4.69) is 18.4 Å². The molecule has 1 saturated carbocycles. The van der Waals surface area contributed by atoms with Crippen LogP contribution in [-0.2, 0) is 0 Å². The van der Waals surface area contributed by atoms with Crippen LogP contribution in [0.15, 0.2) is 11.8 Å². The Bertz CT molecular complexity index is 247. The van der Waals surface area contributed by atoms with Gasteiger partial charge < -0.3 is 5.32 Å². The van der Waals surface area contributed by atoms with E-state index in [1.807, 2.05) is 5.37 Å². The summed E-state index contributed by atoms with van der Waals surface area (Å²) in [6, 6.07) is 0.628. The largest absolute Gasteiger partial charge is 0.388 e. The lowest BCUT2D eigenvalue weighted by molar-refractivity contribution is 0.350. The van der Waals surface area contributed by atoms with Crippen LogP contribution in [0.1, 0.15) is 39.0 Å². The van der Waals surface area contributed by atoms with Crippen LogP contribution in [-0.4, -0.2) is 11.4 Å². The summed E-state index contributed by atoms with van der Waals surface area (Å²) in [4.78, 5) is 0. The molecular weight excluding hydrogens is 190 g/mol. The van der Waals surface area contributed by atoms with Crippen molar-refractivity contribution in [2.24, 2.45) is 11.8 Å². The molecule has 0 radical (unpaired) electrons. The van der Waals surface area contributed by atoms with E-state index in [-0.39, 0.29) is 0 Å². The van der Waals surface area contributed by atoms with Crippen LogP contribution in [0.25, 0.3) is 0 Å². The van der Waals surface area contributed by atoms with Gasteiger partial charge in [0, 0.05) is 17.6 Å². The van der Waals surface area contributed by atoms with E-state index < -0.39 is 0 Å². The fourth-order valence-corrected chi connectivity index (χ4v) is 3.03. The van der Waals surface area contributed by atoms with Gasteiger partial charge in [-0.2, -0.15) is 0 Å². The molecule has 1 N–H and O–H groups in total. The molecule has 3 atom stereocenters. The Hall–Kier alpha value is -0.370. The van der Waals surface area contributed by atoms with Crippen LogP contribution in [0.3, 0.4) is 0 Å². The Morgan fingerprint density at radius 1 is 1.43 bits per heavy atom. The number of allylic oxidation sites excluding steroid dienone is 1. The highest BCUT2D eigenvalue weighted by Crippen LogP contribution is 2.35. The van der Waals surface area contributed by atoms with Crippen LogP contribution in [0, 0.1) is 11.8 Å². The summed E-state index contributed by atoms with van der Waals surface area (Å²) in [6.45, 7) is 2.30. The molecule has 2 heteroatoms. The molecule has 0 amide bonds. The standard InChI is InChI=1S/C12H19NS/c1-9-10-4-2-3-5-11(6-10)12(8-14)7-13-9/h7-11,13H,2-6H2,1H3/t9-,10?,11?/m1/s1. The van der Waals surface area contributed by atoms with E-state index in [4.69, 9.17) is 12.2 Å². The molecular formula is C12H19NS. The molecule has 1 heterocycles. The van der Waals surface area contributed by atoms with Gasteiger partial charge in [-0.05, 0) is 43.6 Å². The van der Waals surface area contributed by atoms with E-state index in [1.54, 1.807) is 0 Å². The molecule has 14 heavy (non-hydrogen) atoms. The average Bonchev–Trinajstić information content (AvgIpc) is 2.51. The molecule has 0 aromatic heterocycles. The van der Waals surface area contributed by atoms with Crippen molar-refractivity contribution in [1.29, 1.82) is 0 Å². The van der Waals surface area contributed by atoms with Gasteiger partial charge in [-0.1, -0.05) is 25.1 Å². The maximum atomic E-state index is 5.09. The highest BCUT2D eigenvalue weighted by molar-refractivity contribution is 7.79. The van der Waals surface area contributed by atoms with Crippen LogP contribution >= 0.6 is 12.2 Å². The monoisotopic (exact) mass is 209 g/mol. The third-order valence-corrected chi connectivity index (χ3v) is 4.06. The Morgan fingerprint density at radius 3 is 3.00 bits per heavy atom. The van der Waals surface area contributed by atoms with Gasteiger partial charge in [0.15, 0.2) is 0 Å². The maximum absolute atomic E-state index is 5.09. The summed E-state index contributed by atoms with van der Waals surface area (Å²) in [5.41, 5.74) is 1.36. The Balaban J connectivity index is 2.20. The highest BCUT2D eigenvalue weighted by Gasteiger charge is 2.27. The molecule has 2 unspecified atom stereocenters. The predicted molar refractivity (Wildman–Crippen MR) is 64.4 cm³/mol. The Morgan fingerprint density at radius 2 is 2.21 bits per heavy atom. The van der Waals surface area contributed by atoms with Gasteiger partial charge in [-0.3, -0.25) is 0 Å². The van der Waals surface area contributed by atoms with Crippen LogP contribution in [0.5, 0.6) is 0 Å². The zero-order chi connectivity index (χ0) is 9.97. The normalized spacial score (nSPS) is 37.5. The van der Waals surface area contributed by atoms with Crippen LogP contribution in [0.4, 0.5) is 0 Å². The quantitative estimate of drug-likeness (QED) is 0.666. The van der Waals surface area contributed by atoms with Crippen molar-refractivity contribution < 1.29 is 0 Å². The molecule has 1 aliphatic carbocycles. The molecule has 1 aliphatic heterocycles. The molecule has 78 valence electrons. The molecule has 2 aliphatic rings. The molecule has 1 nitrogen and oxygen atoms in total. The topological polar surface area (TPSA) is 12.0 Å². The van der Waals surface area contributed by atoms with Gasteiger partial charge in [0.05, 0.1) is 0 Å². The van der Waals surface area contributed by atoms with Gasteiger partial charge in [-0.25, -0.2) is 0 Å². The summed E-state index contributed by atoms with van der Waals surface area (Å²) in [6.07, 6.45) is 9.01. The van der Waals surface area contributed by atoms with Gasteiger partial charge in [0.25, 0.3) is 0 Å². The van der Waals surface area contributed by atoms with Crippen molar-refractivity contribution in [3.63, 3.8) is 0 Å². The third-order valence-electron chi connectivity index (χ3n) is 3.79. The smallest absolute Gasteiger partial charge is 0.0256 e. The summed E-state index contributed by atoms with van der Waals surface area (Å²) in [7, 11) is 0. The second-order valence-electron chi connectivity index (χ2n) is 4.69. The molecule has 2 bridgehead atoms. The minimum Gasteiger partial charge on any atom is -0.388 e. The molecule has 1 fully saturated rings. The Labute approximate surface area is 92.0 Å². The molecule has 0 saturated heterocycles. The Kier molecular flexibility index (Phi) is 3.22. The summed E-state index contributed by atoms with van der Waals surface area (Å²) >= 11 is 5.09. The van der Waals surface area contributed by atoms with E-state index in [9.17, 15) is 0 Å². The predicted octanol–water partition coefficient (Wildman–Crippen LogP) is 3.06. The van der Waals surface area contributed by atoms with Gasteiger partial charge in [-0.15, -0.1) is 0 Å². The first-order chi connectivity index (χ1) is 6.81. The lowest BCUT2D eigenvalue weighted by Crippen LogP contribution is -2.28. The molecule has 0 aromatic rings. The van der Waals surface area contributed by atoms with Crippen molar-refractivity contribution in [2.75, 3.05) is 0 Å². The van der Waals surface area contributed by atoms with Crippen molar-refractivity contribution in [3.8, 4) is 0 Å². The van der Waals surface area contributed by atoms with Crippen molar-refractivity contribution in [2.45, 2.75) is 45.1 Å². The first-order valence-electron chi connectivity index (χ1n) is 5.72.